The summed E-state index contributed by atoms with van der Waals surface area (Å²) in [5.41, 5.74) is 5.75. The molecule has 2 aromatic rings. The Morgan fingerprint density at radius 2 is 2.30 bits per heavy atom. The van der Waals surface area contributed by atoms with E-state index >= 15 is 0 Å². The summed E-state index contributed by atoms with van der Waals surface area (Å²) in [5.74, 6) is -0.236. The van der Waals surface area contributed by atoms with Gasteiger partial charge in [0.25, 0.3) is 5.56 Å². The number of aromatic amines is 1. The number of aromatic nitrogens is 4. The Bertz CT molecular complexity index is 719. The summed E-state index contributed by atoms with van der Waals surface area (Å²) in [6.45, 7) is -0.0973. The van der Waals surface area contributed by atoms with E-state index in [4.69, 9.17) is 10.8 Å². The van der Waals surface area contributed by atoms with Gasteiger partial charge >= 0.3 is 0 Å². The number of imidazole rings is 1. The minimum Gasteiger partial charge on any atom is -0.396 e. The van der Waals surface area contributed by atoms with Gasteiger partial charge in [-0.15, -0.1) is 0 Å². The number of nitrogen functional groups attached to an aromatic ring is 1. The summed E-state index contributed by atoms with van der Waals surface area (Å²) < 4.78 is 1.70. The second-order valence-electron chi connectivity index (χ2n) is 4.88. The van der Waals surface area contributed by atoms with Gasteiger partial charge in [0.2, 0.25) is 5.95 Å². The Hall–Kier alpha value is -2.19. The fraction of sp³-hybridized carbons (Fsp3) is 0.417. The number of hydrogen-bond acceptors (Lipinski definition) is 6. The number of nitrogens with zero attached hydrogens (tertiary/aromatic N) is 3. The van der Waals surface area contributed by atoms with Crippen LogP contribution in [0.25, 0.3) is 11.2 Å². The van der Waals surface area contributed by atoms with Crippen molar-refractivity contribution in [1.29, 1.82) is 0 Å². The monoisotopic (exact) mass is 277 g/mol. The number of anilines is 1. The number of H-pyrrole nitrogens is 1. The van der Waals surface area contributed by atoms with Crippen LogP contribution in [0.1, 0.15) is 12.5 Å². The van der Waals surface area contributed by atoms with Gasteiger partial charge in [-0.05, 0) is 6.42 Å². The summed E-state index contributed by atoms with van der Waals surface area (Å²) in [5, 5.41) is 19.1. The molecule has 1 aliphatic carbocycles. The molecule has 3 rings (SSSR count). The topological polar surface area (TPSA) is 130 Å². The van der Waals surface area contributed by atoms with Crippen molar-refractivity contribution >= 4 is 17.1 Å². The Labute approximate surface area is 113 Å². The lowest BCUT2D eigenvalue weighted by atomic mass is 9.90. The Balaban J connectivity index is 2.06. The molecule has 0 aromatic carbocycles. The molecule has 0 fully saturated rings. The van der Waals surface area contributed by atoms with Gasteiger partial charge in [0.05, 0.1) is 25.1 Å². The minimum absolute atomic E-state index is 0.0258. The van der Waals surface area contributed by atoms with Gasteiger partial charge in [-0.3, -0.25) is 9.78 Å². The van der Waals surface area contributed by atoms with Crippen molar-refractivity contribution in [3.8, 4) is 0 Å². The summed E-state index contributed by atoms with van der Waals surface area (Å²) in [6, 6.07) is -0.175. The second-order valence-corrected chi connectivity index (χ2v) is 4.88. The highest BCUT2D eigenvalue weighted by molar-refractivity contribution is 5.70. The van der Waals surface area contributed by atoms with Crippen LogP contribution in [0.2, 0.25) is 0 Å². The maximum Gasteiger partial charge on any atom is 0.280 e. The first-order valence-corrected chi connectivity index (χ1v) is 6.29. The van der Waals surface area contributed by atoms with Crippen molar-refractivity contribution in [2.75, 3.05) is 12.3 Å². The average Bonchev–Trinajstić information content (AvgIpc) is 2.82. The number of allylic oxidation sites excluding steroid dienone is 1. The molecule has 0 aliphatic heterocycles. The Kier molecular flexibility index (Phi) is 3.03. The molecule has 8 heteroatoms. The smallest absolute Gasteiger partial charge is 0.280 e. The van der Waals surface area contributed by atoms with Crippen LogP contribution in [0.15, 0.2) is 23.3 Å². The molecule has 106 valence electrons. The maximum absolute atomic E-state index is 11.7. The van der Waals surface area contributed by atoms with E-state index in [1.165, 1.54) is 6.33 Å². The number of nitrogens with two attached hydrogens (primary N) is 1. The van der Waals surface area contributed by atoms with Gasteiger partial charge < -0.3 is 20.5 Å². The number of rotatable bonds is 2. The lowest BCUT2D eigenvalue weighted by molar-refractivity contribution is 0.0702. The van der Waals surface area contributed by atoms with Crippen LogP contribution >= 0.6 is 0 Å². The number of aliphatic hydroxyl groups excluding tert-OH is 2. The number of nitrogens with one attached hydrogen (secondary N) is 1. The lowest BCUT2D eigenvalue weighted by Gasteiger charge is -2.27. The van der Waals surface area contributed by atoms with Crippen LogP contribution in [-0.4, -0.2) is 42.4 Å². The summed E-state index contributed by atoms with van der Waals surface area (Å²) in [7, 11) is 0. The normalized spacial score (nSPS) is 26.2. The Morgan fingerprint density at radius 3 is 3.00 bits per heavy atom. The SMILES string of the molecule is Nc1nc2c(ncn2C2C=CC(CO)C(O)C2)c(=O)[nH]1. The highest BCUT2D eigenvalue weighted by atomic mass is 16.3. The van der Waals surface area contributed by atoms with E-state index in [9.17, 15) is 9.90 Å². The van der Waals surface area contributed by atoms with Crippen LogP contribution in [0.5, 0.6) is 0 Å². The largest absolute Gasteiger partial charge is 0.396 e. The number of hydrogen-bond donors (Lipinski definition) is 4. The third kappa shape index (κ3) is 1.98. The van der Waals surface area contributed by atoms with Crippen molar-refractivity contribution in [3.63, 3.8) is 0 Å². The molecule has 0 radical (unpaired) electrons. The van der Waals surface area contributed by atoms with Crippen molar-refractivity contribution in [3.05, 3.63) is 28.8 Å². The first-order valence-electron chi connectivity index (χ1n) is 6.29. The third-order valence-electron chi connectivity index (χ3n) is 3.58. The molecule has 3 unspecified atom stereocenters. The molecular formula is C12H15N5O3. The van der Waals surface area contributed by atoms with E-state index in [0.29, 0.717) is 12.1 Å². The fourth-order valence-corrected chi connectivity index (χ4v) is 2.47. The van der Waals surface area contributed by atoms with Crippen LogP contribution in [-0.2, 0) is 0 Å². The zero-order valence-electron chi connectivity index (χ0n) is 10.6. The first kappa shape index (κ1) is 12.8. The van der Waals surface area contributed by atoms with Gasteiger partial charge in [0.15, 0.2) is 11.2 Å². The molecule has 0 amide bonds. The van der Waals surface area contributed by atoms with Crippen molar-refractivity contribution in [2.24, 2.45) is 5.92 Å². The molecule has 2 heterocycles. The van der Waals surface area contributed by atoms with Gasteiger partial charge in [-0.25, -0.2) is 4.98 Å². The molecule has 2 aromatic heterocycles. The molecular weight excluding hydrogens is 262 g/mol. The van der Waals surface area contributed by atoms with E-state index in [1.807, 2.05) is 6.08 Å². The molecule has 20 heavy (non-hydrogen) atoms. The first-order chi connectivity index (χ1) is 9.60. The zero-order valence-corrected chi connectivity index (χ0v) is 10.6. The van der Waals surface area contributed by atoms with Crippen molar-refractivity contribution in [2.45, 2.75) is 18.6 Å². The number of aliphatic hydroxyl groups is 2. The van der Waals surface area contributed by atoms with Crippen LogP contribution in [0, 0.1) is 5.92 Å². The lowest BCUT2D eigenvalue weighted by Crippen LogP contribution is -2.29. The van der Waals surface area contributed by atoms with Crippen LogP contribution in [0.3, 0.4) is 0 Å². The highest BCUT2D eigenvalue weighted by Gasteiger charge is 2.26. The molecule has 3 atom stereocenters. The molecule has 0 saturated carbocycles. The molecule has 0 spiro atoms. The molecule has 0 saturated heterocycles. The van der Waals surface area contributed by atoms with Gasteiger partial charge in [0.1, 0.15) is 0 Å². The quantitative estimate of drug-likeness (QED) is 0.530. The summed E-state index contributed by atoms with van der Waals surface area (Å²) in [4.78, 5) is 22.2. The molecule has 0 bridgehead atoms. The van der Waals surface area contributed by atoms with Crippen LogP contribution < -0.4 is 11.3 Å². The average molecular weight is 277 g/mol. The third-order valence-corrected chi connectivity index (χ3v) is 3.58. The van der Waals surface area contributed by atoms with Crippen molar-refractivity contribution in [1.82, 2.24) is 19.5 Å². The van der Waals surface area contributed by atoms with Crippen LogP contribution in [0.4, 0.5) is 5.95 Å². The highest BCUT2D eigenvalue weighted by Crippen LogP contribution is 2.28. The summed E-state index contributed by atoms with van der Waals surface area (Å²) in [6.07, 6.45) is 4.91. The summed E-state index contributed by atoms with van der Waals surface area (Å²) >= 11 is 0. The van der Waals surface area contributed by atoms with Crippen molar-refractivity contribution < 1.29 is 10.2 Å². The zero-order chi connectivity index (χ0) is 14.3. The fourth-order valence-electron chi connectivity index (χ4n) is 2.47. The van der Waals surface area contributed by atoms with Gasteiger partial charge in [-0.2, -0.15) is 4.98 Å². The Morgan fingerprint density at radius 1 is 1.50 bits per heavy atom. The molecule has 5 N–H and O–H groups in total. The second kappa shape index (κ2) is 4.73. The maximum atomic E-state index is 11.7. The predicted molar refractivity (Wildman–Crippen MR) is 71.9 cm³/mol. The van der Waals surface area contributed by atoms with Gasteiger partial charge in [0, 0.05) is 5.92 Å². The van der Waals surface area contributed by atoms with E-state index in [0.717, 1.165) is 0 Å². The number of fused-ring (bicyclic) bond motifs is 1. The minimum atomic E-state index is -0.646. The standard InChI is InChI=1S/C12H15N5O3/c13-12-15-10-9(11(20)16-12)14-5-17(10)7-2-1-6(4-18)8(19)3-7/h1-2,5-8,18-19H,3-4H2,(H3,13,15,16,20). The predicted octanol–water partition coefficient (Wildman–Crippen LogP) is -0.828. The van der Waals surface area contributed by atoms with E-state index < -0.39 is 6.10 Å². The van der Waals surface area contributed by atoms with Gasteiger partial charge in [-0.1, -0.05) is 12.2 Å². The van der Waals surface area contributed by atoms with E-state index in [2.05, 4.69) is 15.0 Å². The molecule has 8 nitrogen and oxygen atoms in total. The van der Waals surface area contributed by atoms with E-state index in [1.54, 1.807) is 10.6 Å². The van der Waals surface area contributed by atoms with E-state index in [-0.39, 0.29) is 35.6 Å². The molecule has 1 aliphatic rings.